The third kappa shape index (κ3) is 3.16. The molecule has 1 atom stereocenters. The summed E-state index contributed by atoms with van der Waals surface area (Å²) >= 11 is 6.09. The van der Waals surface area contributed by atoms with Gasteiger partial charge in [0.05, 0.1) is 16.1 Å². The van der Waals surface area contributed by atoms with Crippen LogP contribution in [0.5, 0.6) is 0 Å². The molecule has 0 spiro atoms. The van der Waals surface area contributed by atoms with Crippen molar-refractivity contribution in [3.05, 3.63) is 64.2 Å². The number of nitrogens with zero attached hydrogens (tertiary/aromatic N) is 1. The maximum Gasteiger partial charge on any atom is 0.192 e. The Balaban J connectivity index is 2.07. The average Bonchev–Trinajstić information content (AvgIpc) is 3.02. The van der Waals surface area contributed by atoms with Gasteiger partial charge < -0.3 is 16.0 Å². The van der Waals surface area contributed by atoms with E-state index in [0.717, 1.165) is 11.1 Å². The van der Waals surface area contributed by atoms with Gasteiger partial charge in [-0.1, -0.05) is 46.1 Å². The molecule has 0 saturated heterocycles. The zero-order valence-corrected chi connectivity index (χ0v) is 14.3. The molecule has 1 heterocycles. The lowest BCUT2D eigenvalue weighted by Crippen LogP contribution is -2.48. The lowest BCUT2D eigenvalue weighted by Gasteiger charge is -2.29. The van der Waals surface area contributed by atoms with Crippen molar-refractivity contribution in [3.8, 4) is 11.3 Å². The third-order valence-corrected chi connectivity index (χ3v) is 4.45. The molecule has 0 fully saturated rings. The number of Topliss-reactive ketones (excluding diaryl/α,β-unsaturated/α-hetero) is 1. The Morgan fingerprint density at radius 2 is 2.24 bits per heavy atom. The predicted octanol–water partition coefficient (Wildman–Crippen LogP) is 3.25. The van der Waals surface area contributed by atoms with Crippen LogP contribution in [0.4, 0.5) is 4.39 Å². The lowest BCUT2D eigenvalue weighted by atomic mass is 9.79. The van der Waals surface area contributed by atoms with Gasteiger partial charge in [0, 0.05) is 6.54 Å². The van der Waals surface area contributed by atoms with E-state index in [1.54, 1.807) is 6.08 Å². The first-order valence-electron chi connectivity index (χ1n) is 7.67. The van der Waals surface area contributed by atoms with Crippen molar-refractivity contribution in [2.45, 2.75) is 18.9 Å². The summed E-state index contributed by atoms with van der Waals surface area (Å²) in [5.41, 5.74) is 12.6. The van der Waals surface area contributed by atoms with Crippen LogP contribution in [0.1, 0.15) is 23.7 Å². The van der Waals surface area contributed by atoms with Crippen LogP contribution in [0.3, 0.4) is 0 Å². The van der Waals surface area contributed by atoms with E-state index in [4.69, 9.17) is 27.6 Å². The van der Waals surface area contributed by atoms with Gasteiger partial charge in [0.2, 0.25) is 0 Å². The number of nitrogens with two attached hydrogens (primary N) is 2. The first-order valence-corrected chi connectivity index (χ1v) is 8.05. The molecule has 3 rings (SSSR count). The van der Waals surface area contributed by atoms with Crippen molar-refractivity contribution in [2.75, 3.05) is 6.54 Å². The molecule has 5 nitrogen and oxygen atoms in total. The molecule has 1 aromatic carbocycles. The van der Waals surface area contributed by atoms with E-state index < -0.39 is 17.1 Å². The second-order valence-electron chi connectivity index (χ2n) is 6.11. The van der Waals surface area contributed by atoms with Gasteiger partial charge in [0.15, 0.2) is 5.78 Å². The molecule has 0 bridgehead atoms. The van der Waals surface area contributed by atoms with Gasteiger partial charge in [0.25, 0.3) is 0 Å². The highest BCUT2D eigenvalue weighted by Crippen LogP contribution is 2.35. The number of carbonyl (C=O) groups is 1. The Morgan fingerprint density at radius 3 is 2.92 bits per heavy atom. The van der Waals surface area contributed by atoms with Gasteiger partial charge in [-0.2, -0.15) is 0 Å². The number of rotatable bonds is 4. The first-order chi connectivity index (χ1) is 11.9. The zero-order valence-electron chi connectivity index (χ0n) is 13.6. The van der Waals surface area contributed by atoms with Crippen LogP contribution >= 0.6 is 11.6 Å². The Labute approximate surface area is 149 Å². The van der Waals surface area contributed by atoms with Gasteiger partial charge in [-0.3, -0.25) is 4.79 Å². The molecular formula is C18H17ClFN3O2. The number of ketones is 1. The number of hydrogen-bond acceptors (Lipinski definition) is 5. The number of carbonyl (C=O) groups excluding carboxylic acids is 1. The monoisotopic (exact) mass is 361 g/mol. The predicted molar refractivity (Wildman–Crippen MR) is 93.7 cm³/mol. The quantitative estimate of drug-likeness (QED) is 0.815. The highest BCUT2D eigenvalue weighted by atomic mass is 35.5. The third-order valence-electron chi connectivity index (χ3n) is 4.14. The van der Waals surface area contributed by atoms with Crippen LogP contribution in [0.15, 0.2) is 52.3 Å². The highest BCUT2D eigenvalue weighted by molar-refractivity contribution is 6.33. The molecule has 0 amide bonds. The molecule has 0 saturated carbocycles. The minimum Gasteiger partial charge on any atom is -0.363 e. The van der Waals surface area contributed by atoms with Gasteiger partial charge in [-0.15, -0.1) is 0 Å². The molecular weight excluding hydrogens is 345 g/mol. The summed E-state index contributed by atoms with van der Waals surface area (Å²) in [6.07, 6.45) is 5.02. The summed E-state index contributed by atoms with van der Waals surface area (Å²) in [6, 6.07) is 4.22. The van der Waals surface area contributed by atoms with E-state index >= 15 is 0 Å². The zero-order chi connectivity index (χ0) is 18.2. The maximum atomic E-state index is 14.2. The number of aromatic nitrogens is 1. The molecule has 1 aliphatic rings. The summed E-state index contributed by atoms with van der Waals surface area (Å²) < 4.78 is 19.2. The van der Waals surface area contributed by atoms with Crippen molar-refractivity contribution < 1.29 is 13.7 Å². The molecule has 2 aromatic rings. The number of halogens is 2. The minimum atomic E-state index is -1.30. The Bertz CT molecular complexity index is 883. The van der Waals surface area contributed by atoms with Crippen molar-refractivity contribution in [2.24, 2.45) is 11.5 Å². The average molecular weight is 362 g/mol. The highest BCUT2D eigenvalue weighted by Gasteiger charge is 2.38. The Kier molecular flexibility index (Phi) is 4.60. The Hall–Kier alpha value is -2.28. The topological polar surface area (TPSA) is 95.1 Å². The van der Waals surface area contributed by atoms with Crippen molar-refractivity contribution in [1.29, 1.82) is 0 Å². The van der Waals surface area contributed by atoms with E-state index in [2.05, 4.69) is 5.16 Å². The second-order valence-corrected chi connectivity index (χ2v) is 6.52. The SMILES string of the molecule is CC1=CC(N)(C(=O)c2conc2-c2c(F)cccc2Cl)CC(CN)=C1. The molecule has 1 aromatic heterocycles. The van der Waals surface area contributed by atoms with Crippen molar-refractivity contribution >= 4 is 17.4 Å². The van der Waals surface area contributed by atoms with Crippen LogP contribution in [0.2, 0.25) is 5.02 Å². The van der Waals surface area contributed by atoms with Gasteiger partial charge in [-0.25, -0.2) is 4.39 Å². The summed E-state index contributed by atoms with van der Waals surface area (Å²) in [6.45, 7) is 2.14. The van der Waals surface area contributed by atoms with Gasteiger partial charge in [-0.05, 0) is 25.5 Å². The molecule has 0 radical (unpaired) electrons. The second kappa shape index (κ2) is 6.55. The molecule has 0 aliphatic heterocycles. The standard InChI is InChI=1S/C18H17ClFN3O2/c1-10-5-11(8-21)7-18(22,6-10)17(24)12-9-25-23-16(12)15-13(19)3-2-4-14(15)20/h2-6,9H,7-8,21-22H2,1H3. The van der Waals surface area contributed by atoms with E-state index in [-0.39, 0.29) is 28.3 Å². The van der Waals surface area contributed by atoms with E-state index in [0.29, 0.717) is 6.54 Å². The van der Waals surface area contributed by atoms with Gasteiger partial charge >= 0.3 is 0 Å². The number of allylic oxidation sites excluding steroid dienone is 2. The van der Waals surface area contributed by atoms with Crippen LogP contribution in [-0.4, -0.2) is 23.0 Å². The van der Waals surface area contributed by atoms with Crippen molar-refractivity contribution in [1.82, 2.24) is 5.16 Å². The first kappa shape index (κ1) is 17.5. The maximum absolute atomic E-state index is 14.2. The molecule has 4 N–H and O–H groups in total. The molecule has 7 heteroatoms. The van der Waals surface area contributed by atoms with Gasteiger partial charge in [0.1, 0.15) is 23.3 Å². The van der Waals surface area contributed by atoms with E-state index in [9.17, 15) is 9.18 Å². The smallest absolute Gasteiger partial charge is 0.192 e. The molecule has 130 valence electrons. The van der Waals surface area contributed by atoms with Crippen LogP contribution < -0.4 is 11.5 Å². The minimum absolute atomic E-state index is 0.0102. The van der Waals surface area contributed by atoms with E-state index in [1.165, 1.54) is 24.5 Å². The van der Waals surface area contributed by atoms with E-state index in [1.807, 2.05) is 13.0 Å². The summed E-state index contributed by atoms with van der Waals surface area (Å²) in [4.78, 5) is 13.1. The fraction of sp³-hybridized carbons (Fsp3) is 0.222. The number of benzene rings is 1. The fourth-order valence-corrected chi connectivity index (χ4v) is 3.33. The molecule has 1 aliphatic carbocycles. The van der Waals surface area contributed by atoms with Crippen molar-refractivity contribution in [3.63, 3.8) is 0 Å². The Morgan fingerprint density at radius 1 is 1.48 bits per heavy atom. The summed E-state index contributed by atoms with van der Waals surface area (Å²) in [5, 5.41) is 3.91. The fourth-order valence-electron chi connectivity index (χ4n) is 3.08. The summed E-state index contributed by atoms with van der Waals surface area (Å²) in [7, 11) is 0. The van der Waals surface area contributed by atoms with Crippen LogP contribution in [0, 0.1) is 5.82 Å². The molecule has 25 heavy (non-hydrogen) atoms. The lowest BCUT2D eigenvalue weighted by molar-refractivity contribution is 0.0918. The largest absolute Gasteiger partial charge is 0.363 e. The number of hydrogen-bond donors (Lipinski definition) is 2. The normalized spacial score (nSPS) is 20.2. The summed E-state index contributed by atoms with van der Waals surface area (Å²) in [5.74, 6) is -1.03. The molecule has 1 unspecified atom stereocenters. The van der Waals surface area contributed by atoms with Crippen LogP contribution in [0.25, 0.3) is 11.3 Å². The van der Waals surface area contributed by atoms with Crippen LogP contribution in [-0.2, 0) is 0 Å².